The molecule has 0 aromatic heterocycles. The van der Waals surface area contributed by atoms with Crippen molar-refractivity contribution >= 4 is 23.8 Å². The Bertz CT molecular complexity index is 1310. The summed E-state index contributed by atoms with van der Waals surface area (Å²) in [5.41, 5.74) is 1.85. The maximum absolute atomic E-state index is 13.3. The molecule has 2 aromatic rings. The van der Waals surface area contributed by atoms with Gasteiger partial charge in [0.2, 0.25) is 11.8 Å². The van der Waals surface area contributed by atoms with E-state index in [1.54, 1.807) is 25.3 Å². The third-order valence-corrected chi connectivity index (χ3v) is 7.75. The Kier molecular flexibility index (Phi) is 11.5. The third-order valence-electron chi connectivity index (χ3n) is 7.75. The van der Waals surface area contributed by atoms with Gasteiger partial charge in [0, 0.05) is 25.3 Å². The second-order valence-electron chi connectivity index (χ2n) is 11.7. The summed E-state index contributed by atoms with van der Waals surface area (Å²) < 4.78 is 22.7. The van der Waals surface area contributed by atoms with E-state index in [0.29, 0.717) is 5.75 Å². The first-order valence-electron chi connectivity index (χ1n) is 15.1. The van der Waals surface area contributed by atoms with Crippen LogP contribution in [0.3, 0.4) is 0 Å². The lowest BCUT2D eigenvalue weighted by Gasteiger charge is -2.26. The zero-order chi connectivity index (χ0) is 31.6. The molecule has 2 aliphatic heterocycles. The van der Waals surface area contributed by atoms with Crippen molar-refractivity contribution in [3.63, 3.8) is 0 Å². The highest BCUT2D eigenvalue weighted by molar-refractivity contribution is 5.93. The standard InChI is InChI=1S/C34H42N2O8/c1-21(2)19-28-34(40)43-27(22(3)31-32(44-31)24-9-6-5-7-10-24)11-8-12-29(37)36-26(33(39)35-18-17-30(38)42-28)20-23-13-15-25(41-4)16-14-23/h5-10,12-16,21-22,26-28,31-32H,11,17-20H2,1-4H3,(H,35,39)(H,36,37)/b12-8+/t22-,26?,27-,28-,31+,32+/m0/s1. The van der Waals surface area contributed by atoms with E-state index in [9.17, 15) is 19.2 Å². The number of cyclic esters (lactones) is 2. The van der Waals surface area contributed by atoms with E-state index in [4.69, 9.17) is 18.9 Å². The summed E-state index contributed by atoms with van der Waals surface area (Å²) in [6.45, 7) is 5.77. The van der Waals surface area contributed by atoms with Crippen molar-refractivity contribution in [3.8, 4) is 5.75 Å². The molecular formula is C34H42N2O8. The molecule has 4 rings (SSSR count). The second-order valence-corrected chi connectivity index (χ2v) is 11.7. The fourth-order valence-electron chi connectivity index (χ4n) is 5.23. The molecule has 0 spiro atoms. The maximum atomic E-state index is 13.3. The Morgan fingerprint density at radius 1 is 0.955 bits per heavy atom. The summed E-state index contributed by atoms with van der Waals surface area (Å²) in [4.78, 5) is 52.2. The number of nitrogens with one attached hydrogen (secondary N) is 2. The van der Waals surface area contributed by atoms with Crippen LogP contribution in [0.2, 0.25) is 0 Å². The highest BCUT2D eigenvalue weighted by Crippen LogP contribution is 2.45. The van der Waals surface area contributed by atoms with Gasteiger partial charge in [0.25, 0.3) is 0 Å². The van der Waals surface area contributed by atoms with Gasteiger partial charge < -0.3 is 29.6 Å². The number of benzene rings is 2. The fourth-order valence-corrected chi connectivity index (χ4v) is 5.23. The van der Waals surface area contributed by atoms with Crippen LogP contribution in [0.25, 0.3) is 0 Å². The van der Waals surface area contributed by atoms with Gasteiger partial charge in [-0.05, 0) is 41.7 Å². The largest absolute Gasteiger partial charge is 0.497 e. The molecule has 10 nitrogen and oxygen atoms in total. The maximum Gasteiger partial charge on any atom is 0.347 e. The van der Waals surface area contributed by atoms with E-state index in [1.165, 1.54) is 6.08 Å². The smallest absolute Gasteiger partial charge is 0.347 e. The van der Waals surface area contributed by atoms with Crippen molar-refractivity contribution in [2.24, 2.45) is 11.8 Å². The second kappa shape index (κ2) is 15.5. The summed E-state index contributed by atoms with van der Waals surface area (Å²) in [5, 5.41) is 5.47. The highest BCUT2D eigenvalue weighted by Gasteiger charge is 2.47. The van der Waals surface area contributed by atoms with Crippen molar-refractivity contribution in [2.75, 3.05) is 13.7 Å². The molecule has 0 saturated carbocycles. The number of carbonyl (C=O) groups excluding carboxylic acids is 4. The monoisotopic (exact) mass is 606 g/mol. The van der Waals surface area contributed by atoms with Crippen molar-refractivity contribution in [3.05, 3.63) is 77.9 Å². The van der Waals surface area contributed by atoms with Gasteiger partial charge >= 0.3 is 11.9 Å². The molecule has 0 aliphatic carbocycles. The molecule has 10 heteroatoms. The minimum Gasteiger partial charge on any atom is -0.497 e. The molecule has 2 aliphatic rings. The molecule has 1 saturated heterocycles. The van der Waals surface area contributed by atoms with Crippen LogP contribution in [0.15, 0.2) is 66.7 Å². The van der Waals surface area contributed by atoms with Crippen LogP contribution >= 0.6 is 0 Å². The van der Waals surface area contributed by atoms with E-state index in [1.807, 2.05) is 63.2 Å². The van der Waals surface area contributed by atoms with Gasteiger partial charge in [-0.2, -0.15) is 0 Å². The third kappa shape index (κ3) is 9.41. The predicted octanol–water partition coefficient (Wildman–Crippen LogP) is 3.83. The van der Waals surface area contributed by atoms with Crippen LogP contribution in [0.1, 0.15) is 57.3 Å². The molecule has 0 radical (unpaired) electrons. The first kappa shape index (κ1) is 32.7. The van der Waals surface area contributed by atoms with E-state index < -0.39 is 42.0 Å². The SMILES string of the molecule is COc1ccc(CC2NC(=O)/C=C/C[C@@H]([C@H](C)[C@H]3O[C@@H]3c3ccccc3)OC(=O)[C@H](CC(C)C)OC(=O)CCNC2=O)cc1. The average molecular weight is 607 g/mol. The van der Waals surface area contributed by atoms with Crippen LogP contribution in [0.5, 0.6) is 5.75 Å². The molecular weight excluding hydrogens is 564 g/mol. The first-order valence-corrected chi connectivity index (χ1v) is 15.1. The predicted molar refractivity (Wildman–Crippen MR) is 162 cm³/mol. The van der Waals surface area contributed by atoms with E-state index in [2.05, 4.69) is 10.6 Å². The summed E-state index contributed by atoms with van der Waals surface area (Å²) in [6, 6.07) is 16.1. The number of epoxide rings is 1. The molecule has 2 heterocycles. The van der Waals surface area contributed by atoms with E-state index in [-0.39, 0.29) is 56.3 Å². The number of carbonyl (C=O) groups is 4. The number of hydrogen-bond acceptors (Lipinski definition) is 8. The molecule has 2 amide bonds. The lowest BCUT2D eigenvalue weighted by Crippen LogP contribution is -2.48. The number of amides is 2. The quantitative estimate of drug-likeness (QED) is 0.342. The molecule has 0 bridgehead atoms. The zero-order valence-electron chi connectivity index (χ0n) is 25.7. The number of rotatable bonds is 8. The lowest BCUT2D eigenvalue weighted by atomic mass is 9.93. The highest BCUT2D eigenvalue weighted by atomic mass is 16.6. The van der Waals surface area contributed by atoms with Gasteiger partial charge in [-0.25, -0.2) is 4.79 Å². The van der Waals surface area contributed by atoms with Crippen LogP contribution in [-0.2, 0) is 39.8 Å². The number of methoxy groups -OCH3 is 1. The summed E-state index contributed by atoms with van der Waals surface area (Å²) in [7, 11) is 1.57. The number of hydrogen-bond donors (Lipinski definition) is 2. The summed E-state index contributed by atoms with van der Waals surface area (Å²) in [5.74, 6) is -1.67. The molecule has 6 atom stereocenters. The average Bonchev–Trinajstić information content (AvgIpc) is 3.81. The topological polar surface area (TPSA) is 133 Å². The van der Waals surface area contributed by atoms with E-state index >= 15 is 0 Å². The Balaban J connectivity index is 1.54. The van der Waals surface area contributed by atoms with Crippen molar-refractivity contribution in [2.45, 2.75) is 76.9 Å². The van der Waals surface area contributed by atoms with Gasteiger partial charge in [0.05, 0.1) is 19.6 Å². The first-order chi connectivity index (χ1) is 21.1. The fraction of sp³-hybridized carbons (Fsp3) is 0.471. The van der Waals surface area contributed by atoms with Gasteiger partial charge in [0.15, 0.2) is 6.10 Å². The Morgan fingerprint density at radius 2 is 1.68 bits per heavy atom. The van der Waals surface area contributed by atoms with Crippen molar-refractivity contribution in [1.29, 1.82) is 0 Å². The zero-order valence-corrected chi connectivity index (χ0v) is 25.7. The van der Waals surface area contributed by atoms with Crippen LogP contribution < -0.4 is 15.4 Å². The van der Waals surface area contributed by atoms with Gasteiger partial charge in [-0.1, -0.05) is 69.3 Å². The molecule has 2 N–H and O–H groups in total. The lowest BCUT2D eigenvalue weighted by molar-refractivity contribution is -0.174. The van der Waals surface area contributed by atoms with E-state index in [0.717, 1.165) is 11.1 Å². The summed E-state index contributed by atoms with van der Waals surface area (Å²) >= 11 is 0. The molecule has 1 unspecified atom stereocenters. The number of ether oxygens (including phenoxy) is 4. The van der Waals surface area contributed by atoms with Gasteiger partial charge in [-0.3, -0.25) is 14.4 Å². The Morgan fingerprint density at radius 3 is 2.36 bits per heavy atom. The van der Waals surface area contributed by atoms with Gasteiger partial charge in [-0.15, -0.1) is 0 Å². The van der Waals surface area contributed by atoms with Crippen molar-refractivity contribution in [1.82, 2.24) is 10.6 Å². The minimum atomic E-state index is -1.10. The van der Waals surface area contributed by atoms with Crippen molar-refractivity contribution < 1.29 is 38.1 Å². The number of esters is 2. The molecule has 1 fully saturated rings. The summed E-state index contributed by atoms with van der Waals surface area (Å²) in [6.07, 6.45) is 1.50. The van der Waals surface area contributed by atoms with Crippen LogP contribution in [0, 0.1) is 11.8 Å². The van der Waals surface area contributed by atoms with Crippen LogP contribution in [0.4, 0.5) is 0 Å². The Labute approximate surface area is 258 Å². The minimum absolute atomic E-state index is 0.0223. The Hall–Kier alpha value is -4.18. The van der Waals surface area contributed by atoms with Crippen LogP contribution in [-0.4, -0.2) is 61.8 Å². The molecule has 2 aromatic carbocycles. The molecule has 236 valence electrons. The normalized spacial score (nSPS) is 26.5. The van der Waals surface area contributed by atoms with Gasteiger partial charge in [0.1, 0.15) is 24.0 Å². The molecule has 44 heavy (non-hydrogen) atoms.